The van der Waals surface area contributed by atoms with E-state index in [-0.39, 0.29) is 14.6 Å². The third-order valence-electron chi connectivity index (χ3n) is 1.21. The first-order valence-electron chi connectivity index (χ1n) is 2.82. The molecule has 1 aromatic carbocycles. The van der Waals surface area contributed by atoms with Crippen LogP contribution in [0.15, 0.2) is 21.1 Å². The molecule has 0 unspecified atom stereocenters. The van der Waals surface area contributed by atoms with Crippen LogP contribution < -0.4 is 0 Å². The monoisotopic (exact) mass is 297 g/mol. The molecular weight excluding hydrogens is 297 g/mol. The molecule has 0 heterocycles. The van der Waals surface area contributed by atoms with E-state index in [1.807, 2.05) is 0 Å². The molecule has 0 bridgehead atoms. The number of nitrogens with zero attached hydrogens (tertiary/aromatic N) is 1. The standard InChI is InChI=1S/C6H2Br2FNO2/c7-3-1-2-4(10(11)12)5(8)6(3)9/h1-2H. The summed E-state index contributed by atoms with van der Waals surface area (Å²) in [5, 5.41) is 10.3. The molecule has 0 saturated heterocycles. The minimum absolute atomic E-state index is 0.137. The minimum Gasteiger partial charge on any atom is -0.258 e. The van der Waals surface area contributed by atoms with Crippen LogP contribution in [-0.2, 0) is 0 Å². The number of rotatable bonds is 1. The Morgan fingerprint density at radius 3 is 2.50 bits per heavy atom. The van der Waals surface area contributed by atoms with E-state index in [2.05, 4.69) is 31.9 Å². The third-order valence-corrected chi connectivity index (χ3v) is 2.58. The van der Waals surface area contributed by atoms with Crippen LogP contribution in [0.5, 0.6) is 0 Å². The molecule has 0 atom stereocenters. The van der Waals surface area contributed by atoms with Crippen LogP contribution in [0.4, 0.5) is 10.1 Å². The number of benzene rings is 1. The quantitative estimate of drug-likeness (QED) is 0.454. The molecular formula is C6H2Br2FNO2. The number of nitro benzene ring substituents is 1. The van der Waals surface area contributed by atoms with Gasteiger partial charge in [-0.25, -0.2) is 4.39 Å². The first-order chi connectivity index (χ1) is 5.54. The molecule has 0 aromatic heterocycles. The lowest BCUT2D eigenvalue weighted by Crippen LogP contribution is -1.91. The highest BCUT2D eigenvalue weighted by Crippen LogP contribution is 2.31. The van der Waals surface area contributed by atoms with Gasteiger partial charge in [0, 0.05) is 6.07 Å². The molecule has 64 valence electrons. The van der Waals surface area contributed by atoms with E-state index in [9.17, 15) is 14.5 Å². The highest BCUT2D eigenvalue weighted by Gasteiger charge is 2.17. The van der Waals surface area contributed by atoms with Crippen molar-refractivity contribution in [1.82, 2.24) is 0 Å². The average Bonchev–Trinajstić information content (AvgIpc) is 2.00. The zero-order valence-electron chi connectivity index (χ0n) is 5.55. The molecule has 0 spiro atoms. The van der Waals surface area contributed by atoms with Gasteiger partial charge in [-0.05, 0) is 37.9 Å². The normalized spacial score (nSPS) is 9.92. The second-order valence-electron chi connectivity index (χ2n) is 1.95. The largest absolute Gasteiger partial charge is 0.286 e. The van der Waals surface area contributed by atoms with Gasteiger partial charge >= 0.3 is 0 Å². The topological polar surface area (TPSA) is 43.1 Å². The second kappa shape index (κ2) is 3.49. The lowest BCUT2D eigenvalue weighted by Gasteiger charge is -1.97. The Hall–Kier alpha value is -0.490. The van der Waals surface area contributed by atoms with Gasteiger partial charge in [-0.1, -0.05) is 0 Å². The molecule has 1 rings (SSSR count). The Balaban J connectivity index is 3.36. The van der Waals surface area contributed by atoms with Crippen LogP contribution in [0, 0.1) is 15.9 Å². The molecule has 0 N–H and O–H groups in total. The molecule has 6 heteroatoms. The smallest absolute Gasteiger partial charge is 0.258 e. The SMILES string of the molecule is O=[N+]([O-])c1ccc(Br)c(F)c1Br. The lowest BCUT2D eigenvalue weighted by molar-refractivity contribution is -0.385. The van der Waals surface area contributed by atoms with Crippen molar-refractivity contribution in [3.63, 3.8) is 0 Å². The summed E-state index contributed by atoms with van der Waals surface area (Å²) in [7, 11) is 0. The van der Waals surface area contributed by atoms with Crippen LogP contribution in [0.2, 0.25) is 0 Å². The summed E-state index contributed by atoms with van der Waals surface area (Å²) >= 11 is 5.69. The molecule has 0 saturated carbocycles. The Kier molecular flexibility index (Phi) is 2.79. The lowest BCUT2D eigenvalue weighted by atomic mass is 10.3. The van der Waals surface area contributed by atoms with Gasteiger partial charge in [0.2, 0.25) is 0 Å². The maximum Gasteiger partial charge on any atom is 0.286 e. The van der Waals surface area contributed by atoms with E-state index in [0.717, 1.165) is 0 Å². The Bertz CT molecular complexity index is 343. The van der Waals surface area contributed by atoms with Gasteiger partial charge in [-0.2, -0.15) is 0 Å². The molecule has 0 fully saturated rings. The molecule has 0 radical (unpaired) electrons. The zero-order valence-corrected chi connectivity index (χ0v) is 8.72. The molecule has 0 amide bonds. The first-order valence-corrected chi connectivity index (χ1v) is 4.40. The molecule has 0 aliphatic rings. The number of halogens is 3. The maximum absolute atomic E-state index is 13.0. The van der Waals surface area contributed by atoms with Crippen molar-refractivity contribution in [1.29, 1.82) is 0 Å². The predicted molar refractivity (Wildman–Crippen MR) is 48.5 cm³/mol. The summed E-state index contributed by atoms with van der Waals surface area (Å²) in [6, 6.07) is 2.51. The van der Waals surface area contributed by atoms with E-state index in [4.69, 9.17) is 0 Å². The van der Waals surface area contributed by atoms with E-state index in [1.54, 1.807) is 0 Å². The molecule has 0 aliphatic heterocycles. The van der Waals surface area contributed by atoms with Crippen molar-refractivity contribution in [3.05, 3.63) is 37.0 Å². The Labute approximate surface area is 84.0 Å². The van der Waals surface area contributed by atoms with Gasteiger partial charge in [0.15, 0.2) is 5.82 Å². The van der Waals surface area contributed by atoms with Crippen LogP contribution in [-0.4, -0.2) is 4.92 Å². The summed E-state index contributed by atoms with van der Waals surface area (Å²) in [4.78, 5) is 9.63. The van der Waals surface area contributed by atoms with Crippen molar-refractivity contribution >= 4 is 37.5 Å². The highest BCUT2D eigenvalue weighted by atomic mass is 79.9. The predicted octanol–water partition coefficient (Wildman–Crippen LogP) is 3.26. The summed E-state index contributed by atoms with van der Waals surface area (Å²) in [5.41, 5.74) is -0.282. The zero-order chi connectivity index (χ0) is 9.30. The summed E-state index contributed by atoms with van der Waals surface area (Å²) < 4.78 is 13.0. The van der Waals surface area contributed by atoms with Crippen molar-refractivity contribution in [2.75, 3.05) is 0 Å². The van der Waals surface area contributed by atoms with Crippen molar-refractivity contribution in [2.24, 2.45) is 0 Å². The van der Waals surface area contributed by atoms with Crippen LogP contribution in [0.1, 0.15) is 0 Å². The fraction of sp³-hybridized carbons (Fsp3) is 0. The maximum atomic E-state index is 13.0. The number of hydrogen-bond donors (Lipinski definition) is 0. The van der Waals surface area contributed by atoms with E-state index < -0.39 is 10.7 Å². The highest BCUT2D eigenvalue weighted by molar-refractivity contribution is 9.11. The molecule has 3 nitrogen and oxygen atoms in total. The fourth-order valence-corrected chi connectivity index (χ4v) is 1.74. The van der Waals surface area contributed by atoms with Gasteiger partial charge in [-0.15, -0.1) is 0 Å². The minimum atomic E-state index is -0.663. The number of hydrogen-bond acceptors (Lipinski definition) is 2. The van der Waals surface area contributed by atoms with Crippen LogP contribution in [0.3, 0.4) is 0 Å². The van der Waals surface area contributed by atoms with E-state index in [0.29, 0.717) is 0 Å². The van der Waals surface area contributed by atoms with Gasteiger partial charge in [0.05, 0.1) is 9.40 Å². The molecule has 1 aromatic rings. The summed E-state index contributed by atoms with van der Waals surface area (Å²) in [6.45, 7) is 0. The van der Waals surface area contributed by atoms with E-state index >= 15 is 0 Å². The summed E-state index contributed by atoms with van der Waals surface area (Å²) in [5.74, 6) is -0.663. The van der Waals surface area contributed by atoms with Crippen molar-refractivity contribution in [2.45, 2.75) is 0 Å². The van der Waals surface area contributed by atoms with Gasteiger partial charge < -0.3 is 0 Å². The molecule has 0 aliphatic carbocycles. The third kappa shape index (κ3) is 1.64. The van der Waals surface area contributed by atoms with E-state index in [1.165, 1.54) is 12.1 Å². The van der Waals surface area contributed by atoms with Crippen molar-refractivity contribution < 1.29 is 9.31 Å². The van der Waals surface area contributed by atoms with Crippen LogP contribution in [0.25, 0.3) is 0 Å². The Morgan fingerprint density at radius 1 is 1.42 bits per heavy atom. The fourth-order valence-electron chi connectivity index (χ4n) is 0.657. The van der Waals surface area contributed by atoms with Gasteiger partial charge in [0.1, 0.15) is 4.47 Å². The second-order valence-corrected chi connectivity index (χ2v) is 3.60. The Morgan fingerprint density at radius 2 is 2.00 bits per heavy atom. The first kappa shape index (κ1) is 9.60. The van der Waals surface area contributed by atoms with Gasteiger partial charge in [0.25, 0.3) is 5.69 Å². The van der Waals surface area contributed by atoms with Crippen LogP contribution >= 0.6 is 31.9 Å². The van der Waals surface area contributed by atoms with Crippen molar-refractivity contribution in [3.8, 4) is 0 Å². The summed E-state index contributed by atoms with van der Waals surface area (Å²) in [6.07, 6.45) is 0. The average molecular weight is 299 g/mol. The van der Waals surface area contributed by atoms with Gasteiger partial charge in [-0.3, -0.25) is 10.1 Å². The molecule has 12 heavy (non-hydrogen) atoms. The number of nitro groups is 1.